The molecule has 1 aromatic carbocycles. The summed E-state index contributed by atoms with van der Waals surface area (Å²) in [6.07, 6.45) is 0. The van der Waals surface area contributed by atoms with Crippen molar-refractivity contribution < 1.29 is 9.53 Å². The molecule has 5 heteroatoms. The number of nitrogens with zero attached hydrogens (tertiary/aromatic N) is 2. The van der Waals surface area contributed by atoms with Crippen molar-refractivity contribution in [3.8, 4) is 0 Å². The number of hydrogen-bond acceptors (Lipinski definition) is 3. The van der Waals surface area contributed by atoms with Crippen LogP contribution in [0.4, 0.5) is 0 Å². The largest absolute Gasteiger partial charge is 0.469 e. The molecule has 0 aliphatic rings. The lowest BCUT2D eigenvalue weighted by Crippen LogP contribution is -2.13. The fourth-order valence-electron chi connectivity index (χ4n) is 2.55. The van der Waals surface area contributed by atoms with Gasteiger partial charge in [0, 0.05) is 15.7 Å². The summed E-state index contributed by atoms with van der Waals surface area (Å²) < 4.78 is 7.83. The highest BCUT2D eigenvalue weighted by Gasteiger charge is 2.23. The van der Waals surface area contributed by atoms with Crippen LogP contribution in [0.1, 0.15) is 35.4 Å². The van der Waals surface area contributed by atoms with Crippen LogP contribution in [0, 0.1) is 13.8 Å². The number of rotatable bonds is 4. The summed E-state index contributed by atoms with van der Waals surface area (Å²) in [5.41, 5.74) is 4.01. The third kappa shape index (κ3) is 3.35. The molecule has 1 atom stereocenters. The van der Waals surface area contributed by atoms with Crippen LogP contribution in [-0.4, -0.2) is 22.9 Å². The van der Waals surface area contributed by atoms with E-state index in [0.717, 1.165) is 21.4 Å². The molecular weight excluding hydrogens is 332 g/mol. The first kappa shape index (κ1) is 15.8. The molecule has 0 saturated heterocycles. The van der Waals surface area contributed by atoms with E-state index in [2.05, 4.69) is 33.2 Å². The Kier molecular flexibility index (Phi) is 4.83. The maximum Gasteiger partial charge on any atom is 0.312 e. The average Bonchev–Trinajstić information content (AvgIpc) is 2.74. The first-order valence-electron chi connectivity index (χ1n) is 6.80. The van der Waals surface area contributed by atoms with Crippen molar-refractivity contribution >= 4 is 21.9 Å². The van der Waals surface area contributed by atoms with E-state index in [0.29, 0.717) is 6.54 Å². The minimum atomic E-state index is -0.298. The minimum absolute atomic E-state index is 0.232. The molecule has 1 heterocycles. The van der Waals surface area contributed by atoms with Crippen molar-refractivity contribution in [2.45, 2.75) is 33.2 Å². The van der Waals surface area contributed by atoms with E-state index in [9.17, 15) is 4.79 Å². The van der Waals surface area contributed by atoms with Gasteiger partial charge < -0.3 is 4.74 Å². The van der Waals surface area contributed by atoms with E-state index in [4.69, 9.17) is 4.74 Å². The number of carbonyl (C=O) groups excluding carboxylic acids is 1. The molecule has 2 rings (SSSR count). The Morgan fingerprint density at radius 2 is 1.95 bits per heavy atom. The predicted octanol–water partition coefficient (Wildman–Crippen LogP) is 3.59. The molecule has 0 fully saturated rings. The van der Waals surface area contributed by atoms with E-state index in [1.54, 1.807) is 0 Å². The normalized spacial score (nSPS) is 12.2. The summed E-state index contributed by atoms with van der Waals surface area (Å²) in [6.45, 7) is 6.47. The number of aryl methyl sites for hydroxylation is 1. The highest BCUT2D eigenvalue weighted by atomic mass is 79.9. The Bertz CT molecular complexity index is 647. The van der Waals surface area contributed by atoms with Crippen LogP contribution < -0.4 is 0 Å². The lowest BCUT2D eigenvalue weighted by Gasteiger charge is -2.10. The van der Waals surface area contributed by atoms with Crippen LogP contribution in [-0.2, 0) is 16.1 Å². The average molecular weight is 351 g/mol. The maximum absolute atomic E-state index is 11.8. The first-order valence-corrected chi connectivity index (χ1v) is 7.59. The molecule has 0 N–H and O–H groups in total. The second-order valence-corrected chi connectivity index (χ2v) is 6.03. The van der Waals surface area contributed by atoms with Gasteiger partial charge in [-0.3, -0.25) is 9.48 Å². The third-order valence-corrected chi connectivity index (χ3v) is 4.20. The Balaban J connectivity index is 2.30. The molecule has 0 aliphatic heterocycles. The molecule has 0 aliphatic carbocycles. The standard InChI is InChI=1S/C16H19BrN2O2/c1-10(16(20)21-4)15-11(2)18-19(12(15)3)9-13-5-7-14(17)8-6-13/h5-8,10H,9H2,1-4H3. The molecule has 112 valence electrons. The summed E-state index contributed by atoms with van der Waals surface area (Å²) in [7, 11) is 1.41. The number of carbonyl (C=O) groups is 1. The number of ether oxygens (including phenoxy) is 1. The second-order valence-electron chi connectivity index (χ2n) is 5.11. The molecule has 0 bridgehead atoms. The van der Waals surface area contributed by atoms with Crippen molar-refractivity contribution in [3.05, 3.63) is 51.3 Å². The fourth-order valence-corrected chi connectivity index (χ4v) is 2.81. The number of benzene rings is 1. The van der Waals surface area contributed by atoms with Crippen molar-refractivity contribution in [2.24, 2.45) is 0 Å². The van der Waals surface area contributed by atoms with Gasteiger partial charge in [-0.2, -0.15) is 5.10 Å². The number of halogens is 1. The molecule has 1 aromatic heterocycles. The van der Waals surface area contributed by atoms with Crippen molar-refractivity contribution in [1.29, 1.82) is 0 Å². The monoisotopic (exact) mass is 350 g/mol. The Morgan fingerprint density at radius 1 is 1.33 bits per heavy atom. The molecule has 2 aromatic rings. The van der Waals surface area contributed by atoms with Crippen LogP contribution in [0.2, 0.25) is 0 Å². The van der Waals surface area contributed by atoms with Gasteiger partial charge in [0.25, 0.3) is 0 Å². The van der Waals surface area contributed by atoms with Crippen molar-refractivity contribution in [2.75, 3.05) is 7.11 Å². The summed E-state index contributed by atoms with van der Waals surface area (Å²) >= 11 is 3.43. The molecular formula is C16H19BrN2O2. The van der Waals surface area contributed by atoms with Crippen LogP contribution in [0.15, 0.2) is 28.7 Å². The topological polar surface area (TPSA) is 44.1 Å². The van der Waals surface area contributed by atoms with Gasteiger partial charge in [-0.15, -0.1) is 0 Å². The molecule has 4 nitrogen and oxygen atoms in total. The van der Waals surface area contributed by atoms with Gasteiger partial charge in [-0.25, -0.2) is 0 Å². The number of aromatic nitrogens is 2. The van der Waals surface area contributed by atoms with Gasteiger partial charge in [-0.05, 0) is 38.5 Å². The SMILES string of the molecule is COC(=O)C(C)c1c(C)nn(Cc2ccc(Br)cc2)c1C. The van der Waals surface area contributed by atoms with E-state index >= 15 is 0 Å². The van der Waals surface area contributed by atoms with E-state index < -0.39 is 0 Å². The zero-order valence-corrected chi connectivity index (χ0v) is 14.3. The molecule has 0 saturated carbocycles. The highest BCUT2D eigenvalue weighted by molar-refractivity contribution is 9.10. The van der Waals surface area contributed by atoms with Crippen LogP contribution >= 0.6 is 15.9 Å². The van der Waals surface area contributed by atoms with Crippen LogP contribution in [0.25, 0.3) is 0 Å². The predicted molar refractivity (Wildman–Crippen MR) is 85.4 cm³/mol. The minimum Gasteiger partial charge on any atom is -0.469 e. The molecule has 0 spiro atoms. The van der Waals surface area contributed by atoms with E-state index in [1.807, 2.05) is 37.6 Å². The smallest absolute Gasteiger partial charge is 0.312 e. The van der Waals surface area contributed by atoms with Gasteiger partial charge in [0.2, 0.25) is 0 Å². The molecule has 1 unspecified atom stereocenters. The number of esters is 1. The number of hydrogen-bond donors (Lipinski definition) is 0. The van der Waals surface area contributed by atoms with Crippen LogP contribution in [0.3, 0.4) is 0 Å². The van der Waals surface area contributed by atoms with Crippen molar-refractivity contribution in [3.63, 3.8) is 0 Å². The van der Waals surface area contributed by atoms with Crippen molar-refractivity contribution in [1.82, 2.24) is 9.78 Å². The zero-order valence-electron chi connectivity index (χ0n) is 12.7. The van der Waals surface area contributed by atoms with Gasteiger partial charge in [-0.1, -0.05) is 28.1 Å². The third-order valence-electron chi connectivity index (χ3n) is 3.67. The second kappa shape index (κ2) is 6.43. The van der Waals surface area contributed by atoms with Gasteiger partial charge in [0.1, 0.15) is 0 Å². The Morgan fingerprint density at radius 3 is 2.52 bits per heavy atom. The first-order chi connectivity index (χ1) is 9.93. The summed E-state index contributed by atoms with van der Waals surface area (Å²) in [6, 6.07) is 8.14. The van der Waals surface area contributed by atoms with Crippen LogP contribution in [0.5, 0.6) is 0 Å². The lowest BCUT2D eigenvalue weighted by molar-refractivity contribution is -0.142. The Hall–Kier alpha value is -1.62. The van der Waals surface area contributed by atoms with Gasteiger partial charge in [0.15, 0.2) is 0 Å². The zero-order chi connectivity index (χ0) is 15.6. The summed E-state index contributed by atoms with van der Waals surface area (Å²) in [5, 5.41) is 4.56. The molecule has 0 radical (unpaired) electrons. The van der Waals surface area contributed by atoms with Gasteiger partial charge >= 0.3 is 5.97 Å². The van der Waals surface area contributed by atoms with E-state index in [1.165, 1.54) is 12.7 Å². The van der Waals surface area contributed by atoms with E-state index in [-0.39, 0.29) is 11.9 Å². The summed E-state index contributed by atoms with van der Waals surface area (Å²) in [5.74, 6) is -0.530. The number of methoxy groups -OCH3 is 1. The quantitative estimate of drug-likeness (QED) is 0.791. The summed E-state index contributed by atoms with van der Waals surface area (Å²) in [4.78, 5) is 11.8. The molecule has 21 heavy (non-hydrogen) atoms. The van der Waals surface area contributed by atoms with Gasteiger partial charge in [0.05, 0.1) is 25.3 Å². The maximum atomic E-state index is 11.8. The molecule has 0 amide bonds. The fraction of sp³-hybridized carbons (Fsp3) is 0.375. The highest BCUT2D eigenvalue weighted by Crippen LogP contribution is 2.25. The lowest BCUT2D eigenvalue weighted by atomic mass is 9.99. The Labute approximate surface area is 133 Å².